The molecule has 0 aromatic heterocycles. The third-order valence-electron chi connectivity index (χ3n) is 3.90. The number of amides is 1. The molecule has 110 valence electrons. The lowest BCUT2D eigenvalue weighted by Gasteiger charge is -2.32. The quantitative estimate of drug-likeness (QED) is 0.834. The second kappa shape index (κ2) is 6.40. The summed E-state index contributed by atoms with van der Waals surface area (Å²) in [5.41, 5.74) is 0. The maximum Gasteiger partial charge on any atom is 0.307 e. The summed E-state index contributed by atoms with van der Waals surface area (Å²) in [5.74, 6) is -0.919. The highest BCUT2D eigenvalue weighted by molar-refractivity contribution is 5.85. The lowest BCUT2D eigenvalue weighted by Crippen LogP contribution is -2.44. The minimum absolute atomic E-state index is 0.0282. The predicted molar refractivity (Wildman–Crippen MR) is 74.7 cm³/mol. The first-order valence-electron chi connectivity index (χ1n) is 7.27. The van der Waals surface area contributed by atoms with E-state index < -0.39 is 11.9 Å². The highest BCUT2D eigenvalue weighted by atomic mass is 16.4. The van der Waals surface area contributed by atoms with Crippen LogP contribution in [-0.2, 0) is 9.59 Å². The number of hydrogen-bond donors (Lipinski definition) is 1. The molecule has 1 aliphatic rings. The van der Waals surface area contributed by atoms with Crippen molar-refractivity contribution >= 4 is 11.9 Å². The predicted octanol–water partition coefficient (Wildman–Crippen LogP) is 2.63. The Hall–Kier alpha value is -1.06. The molecule has 0 spiro atoms. The van der Waals surface area contributed by atoms with E-state index in [1.807, 2.05) is 25.7 Å². The fourth-order valence-corrected chi connectivity index (χ4v) is 3.00. The molecule has 1 rings (SSSR count). The van der Waals surface area contributed by atoms with Gasteiger partial charge < -0.3 is 10.0 Å². The van der Waals surface area contributed by atoms with Crippen LogP contribution in [0.25, 0.3) is 0 Å². The van der Waals surface area contributed by atoms with Crippen LogP contribution < -0.4 is 0 Å². The first-order chi connectivity index (χ1) is 8.73. The van der Waals surface area contributed by atoms with Gasteiger partial charge in [0.1, 0.15) is 0 Å². The van der Waals surface area contributed by atoms with Gasteiger partial charge in [-0.05, 0) is 38.5 Å². The van der Waals surface area contributed by atoms with Gasteiger partial charge in [-0.2, -0.15) is 0 Å². The highest BCUT2D eigenvalue weighted by Crippen LogP contribution is 2.37. The topological polar surface area (TPSA) is 57.6 Å². The van der Waals surface area contributed by atoms with Crippen LogP contribution in [0.1, 0.15) is 47.5 Å². The number of carboxylic acid groups (broad SMARTS) is 1. The number of nitrogens with zero attached hydrogens (tertiary/aromatic N) is 1. The molecule has 1 amide bonds. The van der Waals surface area contributed by atoms with Gasteiger partial charge in [0, 0.05) is 12.6 Å². The minimum Gasteiger partial charge on any atom is -0.481 e. The zero-order valence-electron chi connectivity index (χ0n) is 12.7. The minimum atomic E-state index is -0.823. The van der Waals surface area contributed by atoms with Gasteiger partial charge in [-0.1, -0.05) is 20.8 Å². The molecule has 1 saturated carbocycles. The molecular weight excluding hydrogens is 242 g/mol. The van der Waals surface area contributed by atoms with Crippen LogP contribution in [0.2, 0.25) is 0 Å². The summed E-state index contributed by atoms with van der Waals surface area (Å²) >= 11 is 0. The standard InChI is InChI=1S/C15H27NO3/c1-9(2)8-16(10(3)4)14(17)12-6-11(5)7-13(12)15(18)19/h9-13H,6-8H2,1-5H3,(H,18,19). The second-order valence-electron chi connectivity index (χ2n) is 6.61. The molecule has 0 bridgehead atoms. The van der Waals surface area contributed by atoms with Crippen molar-refractivity contribution in [1.82, 2.24) is 4.90 Å². The molecule has 0 heterocycles. The average Bonchev–Trinajstić information content (AvgIpc) is 2.67. The van der Waals surface area contributed by atoms with Crippen LogP contribution in [0, 0.1) is 23.7 Å². The van der Waals surface area contributed by atoms with E-state index in [4.69, 9.17) is 0 Å². The fraction of sp³-hybridized carbons (Fsp3) is 0.867. The van der Waals surface area contributed by atoms with Gasteiger partial charge >= 0.3 is 5.97 Å². The van der Waals surface area contributed by atoms with Gasteiger partial charge in [0.15, 0.2) is 0 Å². The third kappa shape index (κ3) is 3.95. The summed E-state index contributed by atoms with van der Waals surface area (Å²) in [6, 6.07) is 0.125. The largest absolute Gasteiger partial charge is 0.481 e. The van der Waals surface area contributed by atoms with E-state index >= 15 is 0 Å². The van der Waals surface area contributed by atoms with Crippen molar-refractivity contribution < 1.29 is 14.7 Å². The molecule has 0 aromatic carbocycles. The van der Waals surface area contributed by atoms with E-state index in [0.29, 0.717) is 31.2 Å². The van der Waals surface area contributed by atoms with Crippen LogP contribution in [0.15, 0.2) is 0 Å². The van der Waals surface area contributed by atoms with Gasteiger partial charge in [-0.15, -0.1) is 0 Å². The number of carbonyl (C=O) groups excluding carboxylic acids is 1. The number of hydrogen-bond acceptors (Lipinski definition) is 2. The van der Waals surface area contributed by atoms with Crippen LogP contribution in [-0.4, -0.2) is 34.5 Å². The average molecular weight is 269 g/mol. The Kier molecular flexibility index (Phi) is 5.39. The fourth-order valence-electron chi connectivity index (χ4n) is 3.00. The van der Waals surface area contributed by atoms with Crippen molar-refractivity contribution in [2.24, 2.45) is 23.7 Å². The van der Waals surface area contributed by atoms with Crippen LogP contribution in [0.4, 0.5) is 0 Å². The number of carbonyl (C=O) groups is 2. The highest BCUT2D eigenvalue weighted by Gasteiger charge is 2.43. The first-order valence-corrected chi connectivity index (χ1v) is 7.27. The molecule has 3 unspecified atom stereocenters. The Balaban J connectivity index is 2.86. The molecule has 0 aromatic rings. The van der Waals surface area contributed by atoms with E-state index in [2.05, 4.69) is 13.8 Å². The Morgan fingerprint density at radius 3 is 2.11 bits per heavy atom. The monoisotopic (exact) mass is 269 g/mol. The van der Waals surface area contributed by atoms with Gasteiger partial charge in [0.2, 0.25) is 5.91 Å². The third-order valence-corrected chi connectivity index (χ3v) is 3.90. The molecule has 1 fully saturated rings. The van der Waals surface area contributed by atoms with E-state index in [9.17, 15) is 14.7 Å². The van der Waals surface area contributed by atoms with Crippen LogP contribution in [0.5, 0.6) is 0 Å². The lowest BCUT2D eigenvalue weighted by atomic mass is 9.94. The van der Waals surface area contributed by atoms with E-state index in [1.54, 1.807) is 0 Å². The van der Waals surface area contributed by atoms with E-state index in [-0.39, 0.29) is 17.9 Å². The van der Waals surface area contributed by atoms with Gasteiger partial charge in [-0.3, -0.25) is 9.59 Å². The van der Waals surface area contributed by atoms with Crippen molar-refractivity contribution in [3.63, 3.8) is 0 Å². The van der Waals surface area contributed by atoms with Gasteiger partial charge in [-0.25, -0.2) is 0 Å². The summed E-state index contributed by atoms with van der Waals surface area (Å²) in [7, 11) is 0. The molecule has 1 aliphatic carbocycles. The molecular formula is C15H27NO3. The Morgan fingerprint density at radius 1 is 1.16 bits per heavy atom. The number of carboxylic acids is 1. The molecule has 1 N–H and O–H groups in total. The molecule has 19 heavy (non-hydrogen) atoms. The van der Waals surface area contributed by atoms with Crippen molar-refractivity contribution in [1.29, 1.82) is 0 Å². The molecule has 0 saturated heterocycles. The van der Waals surface area contributed by atoms with Crippen LogP contribution in [0.3, 0.4) is 0 Å². The van der Waals surface area contributed by atoms with E-state index in [0.717, 1.165) is 0 Å². The summed E-state index contributed by atoms with van der Waals surface area (Å²) < 4.78 is 0. The van der Waals surface area contributed by atoms with Gasteiger partial charge in [0.25, 0.3) is 0 Å². The zero-order valence-corrected chi connectivity index (χ0v) is 12.7. The maximum atomic E-state index is 12.6. The second-order valence-corrected chi connectivity index (χ2v) is 6.61. The molecule has 3 atom stereocenters. The zero-order chi connectivity index (χ0) is 14.7. The van der Waals surface area contributed by atoms with Gasteiger partial charge in [0.05, 0.1) is 11.8 Å². The Bertz CT molecular complexity index is 338. The summed E-state index contributed by atoms with van der Waals surface area (Å²) in [6.45, 7) is 10.9. The normalized spacial score (nSPS) is 27.0. The summed E-state index contributed by atoms with van der Waals surface area (Å²) in [5, 5.41) is 9.28. The lowest BCUT2D eigenvalue weighted by molar-refractivity contribution is -0.150. The van der Waals surface area contributed by atoms with Crippen molar-refractivity contribution in [3.8, 4) is 0 Å². The maximum absolute atomic E-state index is 12.6. The molecule has 4 nitrogen and oxygen atoms in total. The Morgan fingerprint density at radius 2 is 1.68 bits per heavy atom. The smallest absolute Gasteiger partial charge is 0.307 e. The summed E-state index contributed by atoms with van der Waals surface area (Å²) in [6.07, 6.45) is 1.33. The van der Waals surface area contributed by atoms with E-state index in [1.165, 1.54) is 0 Å². The molecule has 0 aliphatic heterocycles. The SMILES string of the molecule is CC(C)CN(C(=O)C1CC(C)CC1C(=O)O)C(C)C. The molecule has 4 heteroatoms. The number of rotatable bonds is 5. The van der Waals surface area contributed by atoms with Crippen molar-refractivity contribution in [2.45, 2.75) is 53.5 Å². The van der Waals surface area contributed by atoms with Crippen LogP contribution >= 0.6 is 0 Å². The first kappa shape index (κ1) is 16.0. The Labute approximate surface area is 116 Å². The van der Waals surface area contributed by atoms with Crippen molar-refractivity contribution in [2.75, 3.05) is 6.54 Å². The molecule has 0 radical (unpaired) electrons. The number of aliphatic carboxylic acids is 1. The van der Waals surface area contributed by atoms with Crippen molar-refractivity contribution in [3.05, 3.63) is 0 Å². The summed E-state index contributed by atoms with van der Waals surface area (Å²) in [4.78, 5) is 25.8.